The zero-order valence-corrected chi connectivity index (χ0v) is 21.3. The number of rotatable bonds is 6. The molecule has 1 fully saturated rings. The maximum Gasteiger partial charge on any atom is 0.243 e. The van der Waals surface area contributed by atoms with Gasteiger partial charge in [0, 0.05) is 36.2 Å². The maximum absolute atomic E-state index is 13.6. The van der Waals surface area contributed by atoms with Gasteiger partial charge in [0.25, 0.3) is 0 Å². The zero-order chi connectivity index (χ0) is 24.4. The minimum Gasteiger partial charge on any atom is -0.358 e. The van der Waals surface area contributed by atoms with Crippen LogP contribution in [0.4, 0.5) is 0 Å². The Morgan fingerprint density at radius 3 is 2.69 bits per heavy atom. The summed E-state index contributed by atoms with van der Waals surface area (Å²) in [6, 6.07) is 13.8. The van der Waals surface area contributed by atoms with Crippen molar-refractivity contribution in [1.29, 1.82) is 0 Å². The summed E-state index contributed by atoms with van der Waals surface area (Å²) in [5, 5.41) is 4.06. The summed E-state index contributed by atoms with van der Waals surface area (Å²) in [4.78, 5) is 16.7. The number of piperidine rings is 1. The molecule has 1 amide bonds. The second-order valence-electron chi connectivity index (χ2n) is 10.1. The number of amides is 1. The van der Waals surface area contributed by atoms with Gasteiger partial charge in [-0.3, -0.25) is 4.79 Å². The van der Waals surface area contributed by atoms with E-state index in [4.69, 9.17) is 0 Å². The fourth-order valence-electron chi connectivity index (χ4n) is 5.48. The molecular weight excluding hydrogens is 458 g/mol. The molecule has 0 radical (unpaired) electrons. The standard InChI is InChI=1S/C28H35N3O3S/c1-20-9-11-21(12-10-20)15-16-29-28(32)22-6-5-17-31(19-22)35(33,34)23-13-14-27-25(18-23)24-7-3-2-4-8-26(24)30-27/h9-14,18,22,30H,2-8,15-17,19H2,1H3,(H,29,32). The SMILES string of the molecule is Cc1ccc(CCNC(=O)C2CCCN(S(=O)(=O)c3ccc4[nH]c5c(c4c3)CCCCC5)C2)cc1. The molecule has 186 valence electrons. The van der Waals surface area contributed by atoms with E-state index < -0.39 is 10.0 Å². The van der Waals surface area contributed by atoms with E-state index in [2.05, 4.69) is 41.5 Å². The van der Waals surface area contributed by atoms with Crippen LogP contribution < -0.4 is 5.32 Å². The van der Waals surface area contributed by atoms with E-state index >= 15 is 0 Å². The van der Waals surface area contributed by atoms with Crippen LogP contribution in [0.5, 0.6) is 0 Å². The summed E-state index contributed by atoms with van der Waals surface area (Å²) >= 11 is 0. The van der Waals surface area contributed by atoms with Crippen molar-refractivity contribution in [2.24, 2.45) is 5.92 Å². The highest BCUT2D eigenvalue weighted by molar-refractivity contribution is 7.89. The van der Waals surface area contributed by atoms with E-state index in [-0.39, 0.29) is 18.4 Å². The van der Waals surface area contributed by atoms with Crippen molar-refractivity contribution >= 4 is 26.8 Å². The average molecular weight is 494 g/mol. The van der Waals surface area contributed by atoms with Crippen molar-refractivity contribution < 1.29 is 13.2 Å². The molecular formula is C28H35N3O3S. The highest BCUT2D eigenvalue weighted by Gasteiger charge is 2.33. The van der Waals surface area contributed by atoms with Crippen molar-refractivity contribution in [3.8, 4) is 0 Å². The zero-order valence-electron chi connectivity index (χ0n) is 20.5. The van der Waals surface area contributed by atoms with Gasteiger partial charge in [-0.15, -0.1) is 0 Å². The van der Waals surface area contributed by atoms with Crippen LogP contribution in [-0.4, -0.2) is 43.2 Å². The predicted molar refractivity (Wildman–Crippen MR) is 139 cm³/mol. The smallest absolute Gasteiger partial charge is 0.243 e. The summed E-state index contributed by atoms with van der Waals surface area (Å²) in [7, 11) is -3.66. The Hall–Kier alpha value is -2.64. The van der Waals surface area contributed by atoms with Crippen LogP contribution in [0.3, 0.4) is 0 Å². The van der Waals surface area contributed by atoms with E-state index in [9.17, 15) is 13.2 Å². The Labute approximate surface area is 208 Å². The fraction of sp³-hybridized carbons (Fsp3) is 0.464. The van der Waals surface area contributed by atoms with Crippen molar-refractivity contribution in [1.82, 2.24) is 14.6 Å². The Bertz CT molecular complexity index is 1310. The molecule has 0 saturated carbocycles. The number of nitrogens with zero attached hydrogens (tertiary/aromatic N) is 1. The highest BCUT2D eigenvalue weighted by atomic mass is 32.2. The van der Waals surface area contributed by atoms with E-state index in [1.165, 1.54) is 39.5 Å². The largest absolute Gasteiger partial charge is 0.358 e. The Balaban J connectivity index is 1.26. The molecule has 1 unspecified atom stereocenters. The molecule has 1 aromatic heterocycles. The topological polar surface area (TPSA) is 82.3 Å². The number of carbonyl (C=O) groups excluding carboxylic acids is 1. The molecule has 2 N–H and O–H groups in total. The maximum atomic E-state index is 13.6. The van der Waals surface area contributed by atoms with Gasteiger partial charge in [-0.2, -0.15) is 4.31 Å². The van der Waals surface area contributed by atoms with Crippen molar-refractivity contribution in [2.75, 3.05) is 19.6 Å². The second kappa shape index (κ2) is 10.2. The second-order valence-corrected chi connectivity index (χ2v) is 12.0. The molecule has 35 heavy (non-hydrogen) atoms. The lowest BCUT2D eigenvalue weighted by atomic mass is 9.98. The monoisotopic (exact) mass is 493 g/mol. The average Bonchev–Trinajstić information content (AvgIpc) is 3.04. The number of H-pyrrole nitrogens is 1. The molecule has 1 saturated heterocycles. The predicted octanol–water partition coefficient (Wildman–Crippen LogP) is 4.50. The van der Waals surface area contributed by atoms with E-state index in [1.54, 1.807) is 6.07 Å². The molecule has 1 aliphatic carbocycles. The number of hydrogen-bond acceptors (Lipinski definition) is 3. The molecule has 3 aromatic rings. The first-order valence-corrected chi connectivity index (χ1v) is 14.3. The van der Waals surface area contributed by atoms with E-state index in [1.807, 2.05) is 12.1 Å². The summed E-state index contributed by atoms with van der Waals surface area (Å²) in [6.45, 7) is 3.31. The van der Waals surface area contributed by atoms with Crippen molar-refractivity contribution in [3.05, 3.63) is 64.8 Å². The lowest BCUT2D eigenvalue weighted by Gasteiger charge is -2.31. The van der Waals surface area contributed by atoms with Gasteiger partial charge in [0.2, 0.25) is 15.9 Å². The van der Waals surface area contributed by atoms with Gasteiger partial charge in [-0.05, 0) is 81.2 Å². The molecule has 1 atom stereocenters. The molecule has 7 heteroatoms. The third-order valence-corrected chi connectivity index (χ3v) is 9.41. The van der Waals surface area contributed by atoms with Crippen LogP contribution in [0, 0.1) is 12.8 Å². The Morgan fingerprint density at radius 1 is 1.06 bits per heavy atom. The molecule has 2 aromatic carbocycles. The van der Waals surface area contributed by atoms with Gasteiger partial charge in [-0.1, -0.05) is 36.2 Å². The van der Waals surface area contributed by atoms with Crippen LogP contribution in [-0.2, 0) is 34.1 Å². The van der Waals surface area contributed by atoms with Crippen LogP contribution in [0.25, 0.3) is 10.9 Å². The van der Waals surface area contributed by atoms with E-state index in [0.717, 1.165) is 36.6 Å². The number of sulfonamides is 1. The van der Waals surface area contributed by atoms with Crippen molar-refractivity contribution in [3.63, 3.8) is 0 Å². The quantitative estimate of drug-likeness (QED) is 0.496. The molecule has 5 rings (SSSR count). The molecule has 6 nitrogen and oxygen atoms in total. The van der Waals surface area contributed by atoms with Gasteiger partial charge >= 0.3 is 0 Å². The Morgan fingerprint density at radius 2 is 1.86 bits per heavy atom. The Kier molecular flexibility index (Phi) is 6.98. The number of hydrogen-bond donors (Lipinski definition) is 2. The molecule has 0 bridgehead atoms. The van der Waals surface area contributed by atoms with Crippen molar-refractivity contribution in [2.45, 2.75) is 63.2 Å². The molecule has 0 spiro atoms. The van der Waals surface area contributed by atoms with Crippen LogP contribution >= 0.6 is 0 Å². The first-order chi connectivity index (χ1) is 16.9. The lowest BCUT2D eigenvalue weighted by molar-refractivity contribution is -0.126. The number of aryl methyl sites for hydroxylation is 3. The third-order valence-electron chi connectivity index (χ3n) is 7.55. The van der Waals surface area contributed by atoms with Gasteiger partial charge in [0.1, 0.15) is 0 Å². The van der Waals surface area contributed by atoms with Gasteiger partial charge < -0.3 is 10.3 Å². The molecule has 2 aliphatic rings. The van der Waals surface area contributed by atoms with Gasteiger partial charge in [0.05, 0.1) is 10.8 Å². The number of nitrogens with one attached hydrogen (secondary N) is 2. The summed E-state index contributed by atoms with van der Waals surface area (Å²) in [5.41, 5.74) is 5.95. The normalized spacial score (nSPS) is 19.3. The number of aromatic amines is 1. The highest BCUT2D eigenvalue weighted by Crippen LogP contribution is 2.32. The summed E-state index contributed by atoms with van der Waals surface area (Å²) < 4.78 is 28.6. The minimum absolute atomic E-state index is 0.0524. The number of benzene rings is 2. The van der Waals surface area contributed by atoms with Gasteiger partial charge in [0.15, 0.2) is 0 Å². The fourth-order valence-corrected chi connectivity index (χ4v) is 7.03. The number of carbonyl (C=O) groups is 1. The summed E-state index contributed by atoms with van der Waals surface area (Å²) in [6.07, 6.45) is 7.72. The number of fused-ring (bicyclic) bond motifs is 3. The third kappa shape index (κ3) is 5.16. The summed E-state index contributed by atoms with van der Waals surface area (Å²) in [5.74, 6) is -0.368. The number of aromatic nitrogens is 1. The first kappa shape index (κ1) is 24.1. The molecule has 1 aliphatic heterocycles. The molecule has 2 heterocycles. The minimum atomic E-state index is -3.66. The van der Waals surface area contributed by atoms with Gasteiger partial charge in [-0.25, -0.2) is 8.42 Å². The van der Waals surface area contributed by atoms with E-state index in [0.29, 0.717) is 30.8 Å². The first-order valence-electron chi connectivity index (χ1n) is 12.9. The van der Waals surface area contributed by atoms with Crippen LogP contribution in [0.1, 0.15) is 54.5 Å². The lowest BCUT2D eigenvalue weighted by Crippen LogP contribution is -2.45. The van der Waals surface area contributed by atoms with Crippen LogP contribution in [0.2, 0.25) is 0 Å². The van der Waals surface area contributed by atoms with Crippen LogP contribution in [0.15, 0.2) is 47.4 Å².